The fourth-order valence-corrected chi connectivity index (χ4v) is 4.07. The number of hydrogen-bond acceptors (Lipinski definition) is 3. The van der Waals surface area contributed by atoms with Crippen LogP contribution in [0.15, 0.2) is 24.3 Å². The van der Waals surface area contributed by atoms with E-state index in [1.165, 1.54) is 6.07 Å². The molecule has 25 heavy (non-hydrogen) atoms. The SMILES string of the molecule is CC1([C@@H]2CCCN(C(=O)N[C@@H]3C[C@H]3c3cccc(F)c3)C2)OCCO1. The highest BCUT2D eigenvalue weighted by molar-refractivity contribution is 5.75. The van der Waals surface area contributed by atoms with Crippen LogP contribution in [0.4, 0.5) is 9.18 Å². The summed E-state index contributed by atoms with van der Waals surface area (Å²) in [4.78, 5) is 14.5. The largest absolute Gasteiger partial charge is 0.347 e. The zero-order chi connectivity index (χ0) is 17.4. The van der Waals surface area contributed by atoms with E-state index in [2.05, 4.69) is 5.32 Å². The molecule has 3 fully saturated rings. The number of carbonyl (C=O) groups excluding carboxylic acids is 1. The number of ether oxygens (including phenoxy) is 2. The summed E-state index contributed by atoms with van der Waals surface area (Å²) in [5.74, 6) is -0.368. The predicted molar refractivity (Wildman–Crippen MR) is 90.7 cm³/mol. The zero-order valence-corrected chi connectivity index (χ0v) is 14.5. The average molecular weight is 348 g/mol. The summed E-state index contributed by atoms with van der Waals surface area (Å²) in [5, 5.41) is 3.10. The van der Waals surface area contributed by atoms with Crippen molar-refractivity contribution in [2.24, 2.45) is 5.92 Å². The number of piperidine rings is 1. The van der Waals surface area contributed by atoms with Gasteiger partial charge < -0.3 is 19.7 Å². The van der Waals surface area contributed by atoms with Gasteiger partial charge in [-0.3, -0.25) is 0 Å². The van der Waals surface area contributed by atoms with Crippen molar-refractivity contribution in [3.05, 3.63) is 35.6 Å². The number of benzene rings is 1. The molecule has 1 aromatic carbocycles. The Morgan fingerprint density at radius 1 is 1.36 bits per heavy atom. The molecule has 3 aliphatic rings. The number of rotatable bonds is 3. The number of hydrogen-bond donors (Lipinski definition) is 1. The van der Waals surface area contributed by atoms with Gasteiger partial charge in [-0.25, -0.2) is 9.18 Å². The molecule has 2 amide bonds. The number of halogens is 1. The normalized spacial score (nSPS) is 31.0. The standard InChI is InChI=1S/C19H25FN2O3/c1-19(24-8-9-25-19)14-5-3-7-22(12-14)18(23)21-17-11-16(17)13-4-2-6-15(20)10-13/h2,4,6,10,14,16-17H,3,5,7-9,11-12H2,1H3,(H,21,23)/t14-,16+,17-/m1/s1. The first-order chi connectivity index (χ1) is 12.0. The average Bonchev–Trinajstić information content (AvgIpc) is 3.24. The van der Waals surface area contributed by atoms with Crippen molar-refractivity contribution < 1.29 is 18.7 Å². The van der Waals surface area contributed by atoms with E-state index in [1.54, 1.807) is 12.1 Å². The van der Waals surface area contributed by atoms with E-state index in [0.29, 0.717) is 19.8 Å². The van der Waals surface area contributed by atoms with Crippen molar-refractivity contribution in [2.75, 3.05) is 26.3 Å². The zero-order valence-electron chi connectivity index (χ0n) is 14.5. The van der Waals surface area contributed by atoms with Crippen molar-refractivity contribution >= 4 is 6.03 Å². The van der Waals surface area contributed by atoms with Crippen molar-refractivity contribution in [3.8, 4) is 0 Å². The Balaban J connectivity index is 1.32. The van der Waals surface area contributed by atoms with Crippen molar-refractivity contribution in [2.45, 2.75) is 43.9 Å². The summed E-state index contributed by atoms with van der Waals surface area (Å²) < 4.78 is 24.9. The molecule has 2 heterocycles. The second-order valence-corrected chi connectivity index (χ2v) is 7.45. The summed E-state index contributed by atoms with van der Waals surface area (Å²) >= 11 is 0. The summed E-state index contributed by atoms with van der Waals surface area (Å²) in [6.07, 6.45) is 2.84. The lowest BCUT2D eigenvalue weighted by atomic mass is 9.90. The lowest BCUT2D eigenvalue weighted by Gasteiger charge is -2.39. The molecule has 1 saturated carbocycles. The Kier molecular flexibility index (Phi) is 4.41. The molecule has 2 saturated heterocycles. The van der Waals surface area contributed by atoms with Crippen LogP contribution in [0.1, 0.15) is 37.7 Å². The minimum absolute atomic E-state index is 0.0322. The molecule has 4 rings (SSSR count). The summed E-state index contributed by atoms with van der Waals surface area (Å²) in [5.41, 5.74) is 0.960. The number of nitrogens with one attached hydrogen (secondary N) is 1. The molecule has 0 unspecified atom stereocenters. The third-order valence-electron chi connectivity index (χ3n) is 5.69. The van der Waals surface area contributed by atoms with Crippen LogP contribution < -0.4 is 5.32 Å². The van der Waals surface area contributed by atoms with Gasteiger partial charge in [0.15, 0.2) is 5.79 Å². The fraction of sp³-hybridized carbons (Fsp3) is 0.632. The van der Waals surface area contributed by atoms with E-state index in [4.69, 9.17) is 9.47 Å². The lowest BCUT2D eigenvalue weighted by molar-refractivity contribution is -0.189. The molecule has 1 aromatic rings. The van der Waals surface area contributed by atoms with Crippen LogP contribution in [0, 0.1) is 11.7 Å². The van der Waals surface area contributed by atoms with E-state index in [-0.39, 0.29) is 29.7 Å². The monoisotopic (exact) mass is 348 g/mol. The van der Waals surface area contributed by atoms with E-state index in [0.717, 1.165) is 31.4 Å². The highest BCUT2D eigenvalue weighted by atomic mass is 19.1. The third kappa shape index (κ3) is 3.51. The predicted octanol–water partition coefficient (Wildman–Crippen LogP) is 2.87. The number of amides is 2. The Morgan fingerprint density at radius 2 is 2.16 bits per heavy atom. The van der Waals surface area contributed by atoms with Gasteiger partial charge in [-0.15, -0.1) is 0 Å². The third-order valence-corrected chi connectivity index (χ3v) is 5.69. The van der Waals surface area contributed by atoms with Gasteiger partial charge in [0.25, 0.3) is 0 Å². The Bertz CT molecular complexity index is 647. The molecule has 1 aliphatic carbocycles. The molecular formula is C19H25FN2O3. The first-order valence-electron chi connectivity index (χ1n) is 9.14. The quantitative estimate of drug-likeness (QED) is 0.914. The summed E-state index contributed by atoms with van der Waals surface area (Å²) in [6.45, 7) is 4.63. The van der Waals surface area contributed by atoms with Gasteiger partial charge >= 0.3 is 6.03 Å². The molecule has 0 bridgehead atoms. The maximum absolute atomic E-state index is 13.3. The molecule has 0 aromatic heterocycles. The Morgan fingerprint density at radius 3 is 2.92 bits per heavy atom. The van der Waals surface area contributed by atoms with E-state index < -0.39 is 5.79 Å². The number of urea groups is 1. The minimum atomic E-state index is -0.567. The van der Waals surface area contributed by atoms with Crippen LogP contribution in [-0.2, 0) is 9.47 Å². The second-order valence-electron chi connectivity index (χ2n) is 7.45. The van der Waals surface area contributed by atoms with Crippen LogP contribution in [0.5, 0.6) is 0 Å². The first kappa shape index (κ1) is 16.8. The van der Waals surface area contributed by atoms with E-state index in [9.17, 15) is 9.18 Å². The molecule has 5 nitrogen and oxygen atoms in total. The van der Waals surface area contributed by atoms with Crippen molar-refractivity contribution in [3.63, 3.8) is 0 Å². The van der Waals surface area contributed by atoms with Crippen LogP contribution in [0.3, 0.4) is 0 Å². The lowest BCUT2D eigenvalue weighted by Crippen LogP contribution is -2.51. The highest BCUT2D eigenvalue weighted by Crippen LogP contribution is 2.41. The van der Waals surface area contributed by atoms with Crippen molar-refractivity contribution in [1.82, 2.24) is 10.2 Å². The number of likely N-dealkylation sites (tertiary alicyclic amines) is 1. The summed E-state index contributed by atoms with van der Waals surface area (Å²) in [6, 6.07) is 6.72. The van der Waals surface area contributed by atoms with Gasteiger partial charge in [0, 0.05) is 31.0 Å². The maximum Gasteiger partial charge on any atom is 0.317 e. The summed E-state index contributed by atoms with van der Waals surface area (Å²) in [7, 11) is 0. The topological polar surface area (TPSA) is 50.8 Å². The maximum atomic E-state index is 13.3. The smallest absolute Gasteiger partial charge is 0.317 e. The first-order valence-corrected chi connectivity index (χ1v) is 9.14. The molecule has 0 radical (unpaired) electrons. The molecular weight excluding hydrogens is 323 g/mol. The second kappa shape index (κ2) is 6.57. The highest BCUT2D eigenvalue weighted by Gasteiger charge is 2.44. The van der Waals surface area contributed by atoms with Crippen LogP contribution in [0.2, 0.25) is 0 Å². The molecule has 0 spiro atoms. The van der Waals surface area contributed by atoms with Gasteiger partial charge in [0.2, 0.25) is 0 Å². The van der Waals surface area contributed by atoms with Crippen LogP contribution in [0.25, 0.3) is 0 Å². The number of nitrogens with zero attached hydrogens (tertiary/aromatic N) is 1. The van der Waals surface area contributed by atoms with Crippen LogP contribution >= 0.6 is 0 Å². The molecule has 3 atom stereocenters. The molecule has 136 valence electrons. The van der Waals surface area contributed by atoms with Gasteiger partial charge in [-0.1, -0.05) is 12.1 Å². The van der Waals surface area contributed by atoms with Crippen molar-refractivity contribution in [1.29, 1.82) is 0 Å². The van der Waals surface area contributed by atoms with E-state index >= 15 is 0 Å². The Labute approximate surface area is 147 Å². The van der Waals surface area contributed by atoms with Crippen LogP contribution in [-0.4, -0.2) is 49.1 Å². The molecule has 1 N–H and O–H groups in total. The van der Waals surface area contributed by atoms with Gasteiger partial charge in [-0.05, 0) is 43.9 Å². The van der Waals surface area contributed by atoms with Gasteiger partial charge in [-0.2, -0.15) is 0 Å². The number of carbonyl (C=O) groups is 1. The minimum Gasteiger partial charge on any atom is -0.347 e. The van der Waals surface area contributed by atoms with E-state index in [1.807, 2.05) is 17.9 Å². The molecule has 6 heteroatoms. The van der Waals surface area contributed by atoms with Gasteiger partial charge in [0.1, 0.15) is 5.82 Å². The fourth-order valence-electron chi connectivity index (χ4n) is 4.07. The molecule has 2 aliphatic heterocycles. The Hall–Kier alpha value is -1.66. The van der Waals surface area contributed by atoms with Gasteiger partial charge in [0.05, 0.1) is 13.2 Å².